The number of benzene rings is 1. The molecule has 1 aliphatic rings. The average molecular weight is 405 g/mol. The molecule has 0 aliphatic carbocycles. The molecule has 0 saturated heterocycles. The van der Waals surface area contributed by atoms with Gasteiger partial charge in [0.05, 0.1) is 19.3 Å². The molecule has 1 aromatic carbocycles. The summed E-state index contributed by atoms with van der Waals surface area (Å²) in [5.74, 6) is 0.648. The largest absolute Gasteiger partial charge is 0.482 e. The van der Waals surface area contributed by atoms with Crippen molar-refractivity contribution in [1.82, 2.24) is 9.13 Å². The van der Waals surface area contributed by atoms with E-state index in [9.17, 15) is 9.90 Å². The number of halogens is 1. The highest BCUT2D eigenvalue weighted by molar-refractivity contribution is 6.30. The molecule has 2 aromatic rings. The molecule has 0 radical (unpaired) electrons. The van der Waals surface area contributed by atoms with Gasteiger partial charge in [-0.15, -0.1) is 0 Å². The molecule has 0 fully saturated rings. The molecule has 0 saturated carbocycles. The standard InChI is InChI=1S/C20H25ClN4O3/c1-23-16-5-3-6-17(28-2)25(13-14-7-9-15(21)10-8-14)18(16)19(22)24(20(23)27)11-4-12-26/h6-10,22,26H,3-5,11-13H2,1-2H3. The molecule has 1 aliphatic heterocycles. The van der Waals surface area contributed by atoms with Crippen molar-refractivity contribution in [1.29, 1.82) is 5.41 Å². The summed E-state index contributed by atoms with van der Waals surface area (Å²) in [5.41, 5.74) is 2.35. The van der Waals surface area contributed by atoms with E-state index in [1.807, 2.05) is 35.2 Å². The van der Waals surface area contributed by atoms with Gasteiger partial charge >= 0.3 is 5.69 Å². The van der Waals surface area contributed by atoms with Gasteiger partial charge in [-0.2, -0.15) is 0 Å². The number of methoxy groups -OCH3 is 1. The molecule has 2 heterocycles. The zero-order valence-electron chi connectivity index (χ0n) is 16.1. The Labute approximate surface area is 168 Å². The molecular weight excluding hydrogens is 380 g/mol. The van der Waals surface area contributed by atoms with E-state index in [2.05, 4.69) is 0 Å². The monoisotopic (exact) mass is 404 g/mol. The molecule has 0 amide bonds. The fourth-order valence-electron chi connectivity index (χ4n) is 3.50. The summed E-state index contributed by atoms with van der Waals surface area (Å²) >= 11 is 6.01. The second-order valence-corrected chi connectivity index (χ2v) is 7.15. The lowest BCUT2D eigenvalue weighted by Crippen LogP contribution is -2.44. The number of ether oxygens (including phenoxy) is 1. The predicted molar refractivity (Wildman–Crippen MR) is 108 cm³/mol. The van der Waals surface area contributed by atoms with Crippen molar-refractivity contribution in [3.8, 4) is 0 Å². The molecular formula is C20H25ClN4O3. The van der Waals surface area contributed by atoms with E-state index in [0.29, 0.717) is 42.4 Å². The summed E-state index contributed by atoms with van der Waals surface area (Å²) in [4.78, 5) is 14.7. The van der Waals surface area contributed by atoms with Crippen LogP contribution in [0.1, 0.15) is 24.1 Å². The van der Waals surface area contributed by atoms with Crippen molar-refractivity contribution in [2.24, 2.45) is 7.05 Å². The summed E-state index contributed by atoms with van der Waals surface area (Å²) in [6.45, 7) is 0.731. The molecule has 150 valence electrons. The molecule has 0 spiro atoms. The third-order valence-electron chi connectivity index (χ3n) is 4.93. The van der Waals surface area contributed by atoms with E-state index < -0.39 is 0 Å². The smallest absolute Gasteiger partial charge is 0.329 e. The minimum absolute atomic E-state index is 0.0373. The molecule has 28 heavy (non-hydrogen) atoms. The lowest BCUT2D eigenvalue weighted by Gasteiger charge is -2.28. The number of hydrogen-bond donors (Lipinski definition) is 2. The Hall–Kier alpha value is -2.51. The van der Waals surface area contributed by atoms with Gasteiger partial charge in [-0.25, -0.2) is 4.79 Å². The fraction of sp³-hybridized carbons (Fsp3) is 0.400. The topological polar surface area (TPSA) is 83.5 Å². The normalized spacial score (nSPS) is 13.7. The number of hydrogen-bond acceptors (Lipinski definition) is 5. The Morgan fingerprint density at radius 1 is 1.29 bits per heavy atom. The first-order valence-electron chi connectivity index (χ1n) is 9.22. The highest BCUT2D eigenvalue weighted by Crippen LogP contribution is 2.27. The van der Waals surface area contributed by atoms with Crippen LogP contribution in [0, 0.1) is 5.41 Å². The number of aromatic nitrogens is 2. The summed E-state index contributed by atoms with van der Waals surface area (Å²) in [7, 11) is 3.34. The van der Waals surface area contributed by atoms with Crippen molar-refractivity contribution >= 4 is 17.3 Å². The number of nitrogens with zero attached hydrogens (tertiary/aromatic N) is 3. The van der Waals surface area contributed by atoms with Gasteiger partial charge in [0, 0.05) is 25.2 Å². The Morgan fingerprint density at radius 2 is 2.00 bits per heavy atom. The van der Waals surface area contributed by atoms with Crippen molar-refractivity contribution in [3.63, 3.8) is 0 Å². The van der Waals surface area contributed by atoms with Gasteiger partial charge in [-0.3, -0.25) is 14.5 Å². The Bertz CT molecular complexity index is 992. The number of allylic oxidation sites excluding steroid dienone is 1. The van der Waals surface area contributed by atoms with Crippen molar-refractivity contribution < 1.29 is 9.84 Å². The first-order valence-corrected chi connectivity index (χ1v) is 9.60. The van der Waals surface area contributed by atoms with Crippen LogP contribution in [0.5, 0.6) is 0 Å². The number of rotatable bonds is 6. The Kier molecular flexibility index (Phi) is 6.26. The van der Waals surface area contributed by atoms with Gasteiger partial charge in [0.2, 0.25) is 0 Å². The maximum Gasteiger partial charge on any atom is 0.329 e. The number of fused-ring (bicyclic) bond motifs is 1. The summed E-state index contributed by atoms with van der Waals surface area (Å²) in [5, 5.41) is 18.6. The third-order valence-corrected chi connectivity index (χ3v) is 5.18. The van der Waals surface area contributed by atoms with E-state index in [4.69, 9.17) is 21.7 Å². The quantitative estimate of drug-likeness (QED) is 0.772. The molecule has 7 nitrogen and oxygen atoms in total. The van der Waals surface area contributed by atoms with E-state index in [1.165, 1.54) is 4.57 Å². The van der Waals surface area contributed by atoms with Crippen molar-refractivity contribution in [2.45, 2.75) is 32.4 Å². The highest BCUT2D eigenvalue weighted by atomic mass is 35.5. The molecule has 0 atom stereocenters. The van der Waals surface area contributed by atoms with Gasteiger partial charge < -0.3 is 14.7 Å². The van der Waals surface area contributed by atoms with Gasteiger partial charge in [0.1, 0.15) is 5.69 Å². The second kappa shape index (κ2) is 8.67. The fourth-order valence-corrected chi connectivity index (χ4v) is 3.62. The van der Waals surface area contributed by atoms with Crippen LogP contribution in [0.2, 0.25) is 5.02 Å². The van der Waals surface area contributed by atoms with Gasteiger partial charge in [-0.05, 0) is 43.0 Å². The molecule has 0 bridgehead atoms. The van der Waals surface area contributed by atoms with Crippen molar-refractivity contribution in [2.75, 3.05) is 18.6 Å². The van der Waals surface area contributed by atoms with Crippen LogP contribution in [0.15, 0.2) is 41.0 Å². The molecule has 3 rings (SSSR count). The second-order valence-electron chi connectivity index (χ2n) is 6.71. The number of anilines is 1. The van der Waals surface area contributed by atoms with Crippen molar-refractivity contribution in [3.05, 3.63) is 68.5 Å². The number of aliphatic hydroxyl groups is 1. The molecule has 1 aromatic heterocycles. The maximum absolute atomic E-state index is 12.8. The van der Waals surface area contributed by atoms with Crippen LogP contribution in [-0.2, 0) is 31.3 Å². The minimum atomic E-state index is -0.246. The zero-order chi connectivity index (χ0) is 20.3. The van der Waals surface area contributed by atoms with Gasteiger partial charge in [0.25, 0.3) is 0 Å². The van der Waals surface area contributed by atoms with Crippen LogP contribution in [0.4, 0.5) is 5.69 Å². The van der Waals surface area contributed by atoms with Gasteiger partial charge in [0.15, 0.2) is 11.4 Å². The SMILES string of the molecule is COC1=CCCc2c(c(=N)n(CCCO)c(=O)n2C)N1Cc1ccc(Cl)cc1. The summed E-state index contributed by atoms with van der Waals surface area (Å²) in [6, 6.07) is 7.53. The average Bonchev–Trinajstić information content (AvgIpc) is 2.87. The third kappa shape index (κ3) is 3.86. The maximum atomic E-state index is 12.8. The van der Waals surface area contributed by atoms with E-state index >= 15 is 0 Å². The molecule has 8 heteroatoms. The van der Waals surface area contributed by atoms with E-state index in [1.54, 1.807) is 18.7 Å². The first kappa shape index (κ1) is 20.2. The van der Waals surface area contributed by atoms with Crippen LogP contribution >= 0.6 is 11.6 Å². The van der Waals surface area contributed by atoms with Crippen LogP contribution in [0.3, 0.4) is 0 Å². The zero-order valence-corrected chi connectivity index (χ0v) is 16.9. The Balaban J connectivity index is 2.18. The molecule has 2 N–H and O–H groups in total. The van der Waals surface area contributed by atoms with E-state index in [-0.39, 0.29) is 24.3 Å². The number of nitrogens with one attached hydrogen (secondary N) is 1. The van der Waals surface area contributed by atoms with Crippen LogP contribution in [0.25, 0.3) is 0 Å². The Morgan fingerprint density at radius 3 is 2.64 bits per heavy atom. The minimum Gasteiger partial charge on any atom is -0.482 e. The van der Waals surface area contributed by atoms with E-state index in [0.717, 1.165) is 11.3 Å². The lowest BCUT2D eigenvalue weighted by molar-refractivity contribution is 0.273. The van der Waals surface area contributed by atoms with Crippen LogP contribution in [-0.4, -0.2) is 28.0 Å². The molecule has 0 unspecified atom stereocenters. The lowest BCUT2D eigenvalue weighted by atomic mass is 10.1. The summed E-state index contributed by atoms with van der Waals surface area (Å²) in [6.07, 6.45) is 3.74. The summed E-state index contributed by atoms with van der Waals surface area (Å²) < 4.78 is 8.63. The number of aliphatic hydroxyl groups excluding tert-OH is 1. The highest BCUT2D eigenvalue weighted by Gasteiger charge is 2.25. The van der Waals surface area contributed by atoms with Crippen LogP contribution < -0.4 is 16.1 Å². The predicted octanol–water partition coefficient (Wildman–Crippen LogP) is 2.14. The van der Waals surface area contributed by atoms with Gasteiger partial charge in [-0.1, -0.05) is 23.7 Å². The first-order chi connectivity index (χ1) is 13.5.